The van der Waals surface area contributed by atoms with Crippen molar-refractivity contribution in [3.05, 3.63) is 59.7 Å². The summed E-state index contributed by atoms with van der Waals surface area (Å²) in [5.74, 6) is 1.08. The van der Waals surface area contributed by atoms with Crippen LogP contribution in [-0.2, 0) is 6.61 Å². The fraction of sp³-hybridized carbons (Fsp3) is 0.222. The number of ether oxygens (including phenoxy) is 2. The van der Waals surface area contributed by atoms with Crippen LogP contribution in [0.5, 0.6) is 11.5 Å². The first-order chi connectivity index (χ1) is 10.9. The lowest BCUT2D eigenvalue weighted by atomic mass is 9.78. The predicted octanol–water partition coefficient (Wildman–Crippen LogP) is 2.13. The van der Waals surface area contributed by atoms with E-state index in [-0.39, 0.29) is 0 Å². The van der Waals surface area contributed by atoms with Crippen LogP contribution in [0.2, 0.25) is 0 Å². The van der Waals surface area contributed by atoms with E-state index in [0.717, 1.165) is 11.1 Å². The summed E-state index contributed by atoms with van der Waals surface area (Å²) < 4.78 is 11.7. The molecule has 5 heteroatoms. The maximum atomic E-state index is 9.62. The first-order valence-corrected chi connectivity index (χ1v) is 7.54. The first kappa shape index (κ1) is 15.7. The fourth-order valence-corrected chi connectivity index (χ4v) is 2.48. The third-order valence-electron chi connectivity index (χ3n) is 3.69. The molecule has 0 amide bonds. The molecule has 118 valence electrons. The molecule has 0 atom stereocenters. The van der Waals surface area contributed by atoms with E-state index in [1.165, 1.54) is 0 Å². The van der Waals surface area contributed by atoms with Crippen molar-refractivity contribution in [3.63, 3.8) is 0 Å². The molecule has 3 rings (SSSR count). The first-order valence-electron chi connectivity index (χ1n) is 7.54. The molecule has 0 aromatic heterocycles. The second kappa shape index (κ2) is 6.10. The summed E-state index contributed by atoms with van der Waals surface area (Å²) in [5, 5.41) is 19.2. The van der Waals surface area contributed by atoms with Crippen molar-refractivity contribution < 1.29 is 19.5 Å². The largest absolute Gasteiger partial charge is 0.492 e. The Morgan fingerprint density at radius 3 is 2.57 bits per heavy atom. The van der Waals surface area contributed by atoms with Gasteiger partial charge in [-0.15, -0.1) is 0 Å². The highest BCUT2D eigenvalue weighted by molar-refractivity contribution is 6.59. The van der Waals surface area contributed by atoms with Gasteiger partial charge in [0.2, 0.25) is 0 Å². The van der Waals surface area contributed by atoms with E-state index < -0.39 is 12.7 Å². The van der Waals surface area contributed by atoms with Gasteiger partial charge in [0.15, 0.2) is 0 Å². The monoisotopic (exact) mass is 310 g/mol. The smallest absolute Gasteiger partial charge is 0.489 e. The van der Waals surface area contributed by atoms with E-state index in [0.29, 0.717) is 23.6 Å². The van der Waals surface area contributed by atoms with Crippen LogP contribution in [0, 0.1) is 0 Å². The van der Waals surface area contributed by atoms with Crippen LogP contribution in [0.15, 0.2) is 48.5 Å². The Labute approximate surface area is 136 Å². The minimum atomic E-state index is -1.60. The van der Waals surface area contributed by atoms with Crippen LogP contribution < -0.4 is 14.9 Å². The van der Waals surface area contributed by atoms with Gasteiger partial charge in [-0.05, 0) is 31.6 Å². The van der Waals surface area contributed by atoms with E-state index in [9.17, 15) is 10.0 Å². The SMILES string of the molecule is CC1(C)C=Cc2cc(B(O)O)c(OCc3ccccc3)cc2O1. The summed E-state index contributed by atoms with van der Waals surface area (Å²) in [5.41, 5.74) is 1.74. The number of hydrogen-bond donors (Lipinski definition) is 2. The van der Waals surface area contributed by atoms with E-state index in [4.69, 9.17) is 9.47 Å². The molecule has 0 aliphatic carbocycles. The van der Waals surface area contributed by atoms with E-state index in [1.54, 1.807) is 12.1 Å². The van der Waals surface area contributed by atoms with Crippen LogP contribution in [0.25, 0.3) is 6.08 Å². The average molecular weight is 310 g/mol. The molecule has 1 aliphatic rings. The van der Waals surface area contributed by atoms with Gasteiger partial charge in [-0.3, -0.25) is 0 Å². The highest BCUT2D eigenvalue weighted by atomic mass is 16.5. The van der Waals surface area contributed by atoms with Gasteiger partial charge < -0.3 is 19.5 Å². The zero-order valence-electron chi connectivity index (χ0n) is 13.2. The zero-order valence-corrected chi connectivity index (χ0v) is 13.2. The van der Waals surface area contributed by atoms with Crippen molar-refractivity contribution in [2.45, 2.75) is 26.1 Å². The summed E-state index contributed by atoms with van der Waals surface area (Å²) in [6.45, 7) is 4.27. The van der Waals surface area contributed by atoms with Crippen LogP contribution >= 0.6 is 0 Å². The van der Waals surface area contributed by atoms with Crippen molar-refractivity contribution in [3.8, 4) is 11.5 Å². The van der Waals surface area contributed by atoms with Gasteiger partial charge in [0.1, 0.15) is 23.7 Å². The third kappa shape index (κ3) is 3.58. The van der Waals surface area contributed by atoms with Crippen molar-refractivity contribution in [2.24, 2.45) is 0 Å². The molecule has 1 heterocycles. The average Bonchev–Trinajstić information content (AvgIpc) is 2.52. The van der Waals surface area contributed by atoms with Crippen molar-refractivity contribution >= 4 is 18.7 Å². The van der Waals surface area contributed by atoms with E-state index >= 15 is 0 Å². The van der Waals surface area contributed by atoms with Gasteiger partial charge in [-0.2, -0.15) is 0 Å². The minimum absolute atomic E-state index is 0.327. The highest BCUT2D eigenvalue weighted by Crippen LogP contribution is 2.33. The molecule has 0 fully saturated rings. The van der Waals surface area contributed by atoms with Gasteiger partial charge in [0.25, 0.3) is 0 Å². The van der Waals surface area contributed by atoms with Crippen LogP contribution in [-0.4, -0.2) is 22.8 Å². The molecule has 0 saturated heterocycles. The molecule has 2 N–H and O–H groups in total. The van der Waals surface area contributed by atoms with Crippen molar-refractivity contribution in [1.82, 2.24) is 0 Å². The second-order valence-corrected chi connectivity index (χ2v) is 6.11. The van der Waals surface area contributed by atoms with Crippen molar-refractivity contribution in [1.29, 1.82) is 0 Å². The fourth-order valence-electron chi connectivity index (χ4n) is 2.48. The van der Waals surface area contributed by atoms with Crippen LogP contribution in [0.3, 0.4) is 0 Å². The van der Waals surface area contributed by atoms with E-state index in [2.05, 4.69) is 0 Å². The molecule has 4 nitrogen and oxygen atoms in total. The number of benzene rings is 2. The molecule has 0 saturated carbocycles. The van der Waals surface area contributed by atoms with Crippen LogP contribution in [0.4, 0.5) is 0 Å². The second-order valence-electron chi connectivity index (χ2n) is 6.11. The molecule has 2 aromatic rings. The maximum Gasteiger partial charge on any atom is 0.492 e. The Morgan fingerprint density at radius 2 is 1.87 bits per heavy atom. The molecule has 0 radical (unpaired) electrons. The van der Waals surface area contributed by atoms with E-state index in [1.807, 2.05) is 56.3 Å². The van der Waals surface area contributed by atoms with Crippen molar-refractivity contribution in [2.75, 3.05) is 0 Å². The Morgan fingerprint density at radius 1 is 1.13 bits per heavy atom. The van der Waals surface area contributed by atoms with Gasteiger partial charge in [0, 0.05) is 17.1 Å². The molecule has 23 heavy (non-hydrogen) atoms. The standard InChI is InChI=1S/C18H19BO4/c1-18(2)9-8-14-10-15(19(20)21)17(11-16(14)23-18)22-12-13-6-4-3-5-7-13/h3-11,20-21H,12H2,1-2H3. The topological polar surface area (TPSA) is 58.9 Å². The normalized spacial score (nSPS) is 14.8. The Kier molecular flexibility index (Phi) is 4.15. The molecule has 1 aliphatic heterocycles. The third-order valence-corrected chi connectivity index (χ3v) is 3.69. The zero-order chi connectivity index (χ0) is 16.4. The predicted molar refractivity (Wildman–Crippen MR) is 90.8 cm³/mol. The molecular formula is C18H19BO4. The minimum Gasteiger partial charge on any atom is -0.489 e. The Hall–Kier alpha value is -2.24. The number of fused-ring (bicyclic) bond motifs is 1. The van der Waals surface area contributed by atoms with Gasteiger partial charge in [-0.25, -0.2) is 0 Å². The van der Waals surface area contributed by atoms with Gasteiger partial charge >= 0.3 is 7.12 Å². The highest BCUT2D eigenvalue weighted by Gasteiger charge is 2.26. The summed E-state index contributed by atoms with van der Waals surface area (Å²) in [4.78, 5) is 0. The number of hydrogen-bond acceptors (Lipinski definition) is 4. The molecule has 2 aromatic carbocycles. The molecular weight excluding hydrogens is 291 g/mol. The maximum absolute atomic E-state index is 9.62. The number of rotatable bonds is 4. The summed E-state index contributed by atoms with van der Waals surface area (Å²) in [6.07, 6.45) is 3.86. The molecule has 0 unspecified atom stereocenters. The summed E-state index contributed by atoms with van der Waals surface area (Å²) >= 11 is 0. The molecule has 0 spiro atoms. The lowest BCUT2D eigenvalue weighted by Gasteiger charge is -2.28. The Bertz CT molecular complexity index is 723. The lowest BCUT2D eigenvalue weighted by molar-refractivity contribution is 0.158. The molecule has 0 bridgehead atoms. The van der Waals surface area contributed by atoms with Gasteiger partial charge in [0.05, 0.1) is 0 Å². The van der Waals surface area contributed by atoms with Crippen LogP contribution in [0.1, 0.15) is 25.0 Å². The Balaban J connectivity index is 1.91. The van der Waals surface area contributed by atoms with Gasteiger partial charge in [-0.1, -0.05) is 36.4 Å². The quantitative estimate of drug-likeness (QED) is 0.850. The summed E-state index contributed by atoms with van der Waals surface area (Å²) in [7, 11) is -1.60. The summed E-state index contributed by atoms with van der Waals surface area (Å²) in [6, 6.07) is 13.1. The lowest BCUT2D eigenvalue weighted by Crippen LogP contribution is -2.33.